The first kappa shape index (κ1) is 18.5. The van der Waals surface area contributed by atoms with Gasteiger partial charge in [-0.25, -0.2) is 0 Å². The summed E-state index contributed by atoms with van der Waals surface area (Å²) in [4.78, 5) is 2.52. The highest BCUT2D eigenvalue weighted by atomic mass is 35.5. The molecule has 2 atom stereocenters. The molecule has 0 radical (unpaired) electrons. The third-order valence-corrected chi connectivity index (χ3v) is 4.92. The molecular formula is C16H31ClN4. The minimum absolute atomic E-state index is 0.0100. The molecule has 0 saturated heterocycles. The smallest absolute Gasteiger partial charge is 0.0834 e. The van der Waals surface area contributed by atoms with Crippen LogP contribution in [0.25, 0.3) is 0 Å². The molecule has 122 valence electrons. The molecule has 1 aromatic rings. The summed E-state index contributed by atoms with van der Waals surface area (Å²) in [6.45, 7) is 14.2. The SMILES string of the molecule is CCCNC(c1c(Cl)cnn1C)C(C)(CC)N(CC)CC. The van der Waals surface area contributed by atoms with Gasteiger partial charge in [0.05, 0.1) is 23.0 Å². The number of aryl methyl sites for hydroxylation is 1. The normalized spacial score (nSPS) is 16.2. The van der Waals surface area contributed by atoms with Gasteiger partial charge < -0.3 is 5.32 Å². The van der Waals surface area contributed by atoms with Crippen molar-refractivity contribution in [3.05, 3.63) is 16.9 Å². The topological polar surface area (TPSA) is 33.1 Å². The fraction of sp³-hybridized carbons (Fsp3) is 0.812. The molecule has 0 fully saturated rings. The van der Waals surface area contributed by atoms with Crippen LogP contribution in [0.4, 0.5) is 0 Å². The third kappa shape index (κ3) is 3.79. The van der Waals surface area contributed by atoms with Crippen molar-refractivity contribution < 1.29 is 0 Å². The monoisotopic (exact) mass is 314 g/mol. The lowest BCUT2D eigenvalue weighted by molar-refractivity contribution is 0.0668. The summed E-state index contributed by atoms with van der Waals surface area (Å²) in [6.07, 6.45) is 3.90. The Balaban J connectivity index is 3.28. The molecule has 1 N–H and O–H groups in total. The standard InChI is InChI=1S/C16H31ClN4/c1-7-11-18-15(14-13(17)12-19-20(14)6)16(5,8-2)21(9-3)10-4/h12,15,18H,7-11H2,1-6H3. The van der Waals surface area contributed by atoms with Gasteiger partial charge in [-0.15, -0.1) is 0 Å². The van der Waals surface area contributed by atoms with Crippen LogP contribution in [0.1, 0.15) is 59.2 Å². The van der Waals surface area contributed by atoms with E-state index in [1.165, 1.54) is 0 Å². The van der Waals surface area contributed by atoms with E-state index in [1.807, 2.05) is 11.7 Å². The van der Waals surface area contributed by atoms with Crippen LogP contribution < -0.4 is 5.32 Å². The molecule has 1 aromatic heterocycles. The zero-order valence-corrected chi connectivity index (χ0v) is 15.2. The van der Waals surface area contributed by atoms with Crippen molar-refractivity contribution in [2.75, 3.05) is 19.6 Å². The largest absolute Gasteiger partial charge is 0.307 e. The summed E-state index contributed by atoms with van der Waals surface area (Å²) in [6, 6.07) is 0.169. The predicted octanol–water partition coefficient (Wildman–Crippen LogP) is 3.62. The molecule has 0 aliphatic heterocycles. The van der Waals surface area contributed by atoms with E-state index < -0.39 is 0 Å². The maximum atomic E-state index is 6.43. The highest BCUT2D eigenvalue weighted by Crippen LogP contribution is 2.37. The van der Waals surface area contributed by atoms with Crippen LogP contribution in [-0.2, 0) is 7.05 Å². The summed E-state index contributed by atoms with van der Waals surface area (Å²) in [5.41, 5.74) is 1.09. The average molecular weight is 315 g/mol. The van der Waals surface area contributed by atoms with E-state index in [1.54, 1.807) is 6.20 Å². The van der Waals surface area contributed by atoms with Gasteiger partial charge in [0.15, 0.2) is 0 Å². The predicted molar refractivity (Wildman–Crippen MR) is 90.9 cm³/mol. The summed E-state index contributed by atoms with van der Waals surface area (Å²) in [5.74, 6) is 0. The Kier molecular flexibility index (Phi) is 7.17. The van der Waals surface area contributed by atoms with Crippen molar-refractivity contribution in [2.24, 2.45) is 7.05 Å². The molecule has 5 heteroatoms. The van der Waals surface area contributed by atoms with E-state index >= 15 is 0 Å². The summed E-state index contributed by atoms with van der Waals surface area (Å²) in [5, 5.41) is 8.79. The fourth-order valence-corrected chi connectivity index (χ4v) is 3.48. The Morgan fingerprint density at radius 2 is 1.95 bits per heavy atom. The zero-order chi connectivity index (χ0) is 16.0. The van der Waals surface area contributed by atoms with E-state index in [0.717, 1.165) is 43.2 Å². The number of likely N-dealkylation sites (N-methyl/N-ethyl adjacent to an activating group) is 1. The molecule has 0 bridgehead atoms. The van der Waals surface area contributed by atoms with Gasteiger partial charge in [-0.1, -0.05) is 39.3 Å². The quantitative estimate of drug-likeness (QED) is 0.755. The van der Waals surface area contributed by atoms with Crippen LogP contribution in [-0.4, -0.2) is 39.9 Å². The number of hydrogen-bond donors (Lipinski definition) is 1. The Labute approximate surface area is 134 Å². The van der Waals surface area contributed by atoms with E-state index in [4.69, 9.17) is 11.6 Å². The lowest BCUT2D eigenvalue weighted by Crippen LogP contribution is -2.55. The molecule has 0 amide bonds. The van der Waals surface area contributed by atoms with Crippen LogP contribution in [0.5, 0.6) is 0 Å². The zero-order valence-electron chi connectivity index (χ0n) is 14.4. The summed E-state index contributed by atoms with van der Waals surface area (Å²) >= 11 is 6.43. The number of hydrogen-bond acceptors (Lipinski definition) is 3. The van der Waals surface area contributed by atoms with Crippen LogP contribution in [0.2, 0.25) is 5.02 Å². The second kappa shape index (κ2) is 8.16. The van der Waals surface area contributed by atoms with Crippen LogP contribution >= 0.6 is 11.6 Å². The van der Waals surface area contributed by atoms with Gasteiger partial charge in [0, 0.05) is 12.6 Å². The second-order valence-corrected chi connectivity index (χ2v) is 6.18. The first-order chi connectivity index (χ1) is 9.96. The molecular weight excluding hydrogens is 284 g/mol. The first-order valence-corrected chi connectivity index (χ1v) is 8.49. The first-order valence-electron chi connectivity index (χ1n) is 8.11. The summed E-state index contributed by atoms with van der Waals surface area (Å²) in [7, 11) is 1.97. The molecule has 2 unspecified atom stereocenters. The van der Waals surface area contributed by atoms with Crippen molar-refractivity contribution in [2.45, 2.75) is 59.0 Å². The molecule has 1 rings (SSSR count). The number of rotatable bonds is 9. The molecule has 21 heavy (non-hydrogen) atoms. The maximum Gasteiger partial charge on any atom is 0.0834 e. The van der Waals surface area contributed by atoms with Gasteiger partial charge >= 0.3 is 0 Å². The van der Waals surface area contributed by atoms with E-state index in [2.05, 4.69) is 49.9 Å². The van der Waals surface area contributed by atoms with Crippen LogP contribution in [0, 0.1) is 0 Å². The van der Waals surface area contributed by atoms with Gasteiger partial charge in [-0.3, -0.25) is 9.58 Å². The summed E-state index contributed by atoms with van der Waals surface area (Å²) < 4.78 is 1.91. The number of nitrogens with zero attached hydrogens (tertiary/aromatic N) is 3. The van der Waals surface area contributed by atoms with Gasteiger partial charge in [-0.2, -0.15) is 5.10 Å². The van der Waals surface area contributed by atoms with Gasteiger partial charge in [0.2, 0.25) is 0 Å². The van der Waals surface area contributed by atoms with Gasteiger partial charge in [0.1, 0.15) is 0 Å². The average Bonchev–Trinajstić information content (AvgIpc) is 2.80. The highest BCUT2D eigenvalue weighted by molar-refractivity contribution is 6.31. The lowest BCUT2D eigenvalue weighted by atomic mass is 9.84. The number of halogens is 1. The van der Waals surface area contributed by atoms with Gasteiger partial charge in [0.25, 0.3) is 0 Å². The number of aromatic nitrogens is 2. The minimum Gasteiger partial charge on any atom is -0.307 e. The van der Waals surface area contributed by atoms with Crippen molar-refractivity contribution in [1.29, 1.82) is 0 Å². The fourth-order valence-electron chi connectivity index (χ4n) is 3.20. The Hall–Kier alpha value is -0.580. The van der Waals surface area contributed by atoms with Crippen LogP contribution in [0.3, 0.4) is 0 Å². The van der Waals surface area contributed by atoms with Gasteiger partial charge in [-0.05, 0) is 39.4 Å². The number of nitrogens with one attached hydrogen (secondary N) is 1. The van der Waals surface area contributed by atoms with Crippen molar-refractivity contribution in [3.63, 3.8) is 0 Å². The molecule has 0 aromatic carbocycles. The third-order valence-electron chi connectivity index (χ3n) is 4.63. The molecule has 0 aliphatic rings. The lowest BCUT2D eigenvalue weighted by Gasteiger charge is -2.46. The molecule has 0 aliphatic carbocycles. The van der Waals surface area contributed by atoms with E-state index in [-0.39, 0.29) is 11.6 Å². The van der Waals surface area contributed by atoms with E-state index in [9.17, 15) is 0 Å². The van der Waals surface area contributed by atoms with Crippen molar-refractivity contribution in [1.82, 2.24) is 20.0 Å². The van der Waals surface area contributed by atoms with E-state index in [0.29, 0.717) is 0 Å². The van der Waals surface area contributed by atoms with Crippen molar-refractivity contribution in [3.8, 4) is 0 Å². The second-order valence-electron chi connectivity index (χ2n) is 5.77. The molecule has 0 spiro atoms. The van der Waals surface area contributed by atoms with Crippen LogP contribution in [0.15, 0.2) is 6.20 Å². The molecule has 0 saturated carbocycles. The maximum absolute atomic E-state index is 6.43. The van der Waals surface area contributed by atoms with Crippen molar-refractivity contribution >= 4 is 11.6 Å². The Morgan fingerprint density at radius 3 is 2.33 bits per heavy atom. The molecule has 4 nitrogen and oxygen atoms in total. The molecule has 1 heterocycles. The Morgan fingerprint density at radius 1 is 1.33 bits per heavy atom. The highest BCUT2D eigenvalue weighted by Gasteiger charge is 2.40. The Bertz CT molecular complexity index is 408. The minimum atomic E-state index is 0.0100.